The standard InChI is InChI=1S/C31H36Cl2N4O3S/c1-6-40-29(38)26-28(34-19(2)25(35-26)22-12-9-13-23(32)24(22)33)37-16-14-31(15-17-37)18-20-10-7-8-11-21(20)27(31)36-41(39)30(3,4)5/h7-13,27,36H,6,14-18H2,1-5H3/t27-,41-/m1/s1. The van der Waals surface area contributed by atoms with Crippen molar-refractivity contribution in [2.24, 2.45) is 5.41 Å². The van der Waals surface area contributed by atoms with Crippen molar-refractivity contribution >= 4 is 46.0 Å². The van der Waals surface area contributed by atoms with Crippen LogP contribution in [-0.4, -0.2) is 44.6 Å². The number of nitrogens with one attached hydrogen (secondary N) is 1. The van der Waals surface area contributed by atoms with E-state index in [4.69, 9.17) is 37.9 Å². The quantitative estimate of drug-likeness (QED) is 0.305. The molecule has 0 radical (unpaired) electrons. The van der Waals surface area contributed by atoms with Crippen molar-refractivity contribution in [1.29, 1.82) is 0 Å². The molecule has 7 nitrogen and oxygen atoms in total. The van der Waals surface area contributed by atoms with E-state index in [1.165, 1.54) is 11.1 Å². The molecule has 2 heterocycles. The number of aryl methyl sites for hydroxylation is 1. The van der Waals surface area contributed by atoms with Crippen molar-refractivity contribution in [3.63, 3.8) is 0 Å². The van der Waals surface area contributed by atoms with Gasteiger partial charge in [-0.2, -0.15) is 0 Å². The molecule has 1 aliphatic carbocycles. The van der Waals surface area contributed by atoms with Gasteiger partial charge >= 0.3 is 5.97 Å². The Hall–Kier alpha value is -2.52. The van der Waals surface area contributed by atoms with Crippen LogP contribution in [0.15, 0.2) is 42.5 Å². The maximum Gasteiger partial charge on any atom is 0.360 e. The van der Waals surface area contributed by atoms with E-state index in [-0.39, 0.29) is 28.5 Å². The van der Waals surface area contributed by atoms with Gasteiger partial charge in [0.2, 0.25) is 0 Å². The maximum atomic E-state index is 13.3. The second-order valence-electron chi connectivity index (χ2n) is 11.8. The molecule has 218 valence electrons. The lowest BCUT2D eigenvalue weighted by molar-refractivity contribution is 0.0519. The highest BCUT2D eigenvalue weighted by Crippen LogP contribution is 2.52. The van der Waals surface area contributed by atoms with Gasteiger partial charge in [-0.15, -0.1) is 0 Å². The van der Waals surface area contributed by atoms with Crippen LogP contribution in [0.3, 0.4) is 0 Å². The fourth-order valence-electron chi connectivity index (χ4n) is 5.90. The van der Waals surface area contributed by atoms with Gasteiger partial charge in [0.1, 0.15) is 0 Å². The molecule has 2 atom stereocenters. The minimum atomic E-state index is -1.21. The number of benzene rings is 2. The predicted molar refractivity (Wildman–Crippen MR) is 166 cm³/mol. The first-order valence-electron chi connectivity index (χ1n) is 14.0. The average molecular weight is 616 g/mol. The van der Waals surface area contributed by atoms with Crippen LogP contribution in [0.2, 0.25) is 10.0 Å². The number of piperidine rings is 1. The average Bonchev–Trinajstić information content (AvgIpc) is 3.22. The first kappa shape index (κ1) is 30.0. The number of hydrogen-bond acceptors (Lipinski definition) is 6. The number of fused-ring (bicyclic) bond motifs is 1. The molecule has 0 unspecified atom stereocenters. The zero-order chi connectivity index (χ0) is 29.5. The number of anilines is 1. The number of rotatable bonds is 6. The molecule has 0 saturated carbocycles. The predicted octanol–water partition coefficient (Wildman–Crippen LogP) is 6.87. The Morgan fingerprint density at radius 2 is 1.83 bits per heavy atom. The molecule has 1 spiro atoms. The summed E-state index contributed by atoms with van der Waals surface area (Å²) in [5, 5.41) is 0.766. The summed E-state index contributed by atoms with van der Waals surface area (Å²) in [5.41, 5.74) is 4.35. The SMILES string of the molecule is CCOC(=O)c1nc(-c2cccc(Cl)c2Cl)c(C)nc1N1CCC2(CC1)Cc1ccccc1[C@H]2N[S@](=O)C(C)(C)C. The zero-order valence-electron chi connectivity index (χ0n) is 24.1. The number of carbonyl (C=O) groups is 1. The first-order chi connectivity index (χ1) is 19.4. The molecule has 2 aromatic carbocycles. The monoisotopic (exact) mass is 614 g/mol. The van der Waals surface area contributed by atoms with E-state index < -0.39 is 17.0 Å². The molecule has 10 heteroatoms. The largest absolute Gasteiger partial charge is 0.461 e. The minimum Gasteiger partial charge on any atom is -0.461 e. The van der Waals surface area contributed by atoms with Crippen molar-refractivity contribution < 1.29 is 13.7 Å². The van der Waals surface area contributed by atoms with Gasteiger partial charge in [-0.05, 0) is 76.5 Å². The van der Waals surface area contributed by atoms with Gasteiger partial charge in [-0.3, -0.25) is 0 Å². The van der Waals surface area contributed by atoms with Crippen LogP contribution in [0, 0.1) is 12.3 Å². The molecule has 1 N–H and O–H groups in total. The van der Waals surface area contributed by atoms with Crippen LogP contribution >= 0.6 is 23.2 Å². The number of aromatic nitrogens is 2. The van der Waals surface area contributed by atoms with Crippen LogP contribution in [-0.2, 0) is 22.1 Å². The molecule has 5 rings (SSSR count). The summed E-state index contributed by atoms with van der Waals surface area (Å²) >= 11 is 12.8. The van der Waals surface area contributed by atoms with Crippen LogP contribution in [0.1, 0.15) is 73.9 Å². The lowest BCUT2D eigenvalue weighted by Crippen LogP contribution is -2.48. The number of nitrogens with zero attached hydrogens (tertiary/aromatic N) is 3. The summed E-state index contributed by atoms with van der Waals surface area (Å²) in [6.07, 6.45) is 2.59. The van der Waals surface area contributed by atoms with E-state index in [1.807, 2.05) is 33.8 Å². The van der Waals surface area contributed by atoms with Crippen LogP contribution < -0.4 is 9.62 Å². The Kier molecular flexibility index (Phi) is 8.50. The fourth-order valence-corrected chi connectivity index (χ4v) is 7.23. The normalized spacial score (nSPS) is 18.8. The molecule has 0 bridgehead atoms. The Balaban J connectivity index is 1.48. The van der Waals surface area contributed by atoms with E-state index in [9.17, 15) is 9.00 Å². The summed E-state index contributed by atoms with van der Waals surface area (Å²) in [7, 11) is -1.21. The zero-order valence-corrected chi connectivity index (χ0v) is 26.4. The van der Waals surface area contributed by atoms with Crippen molar-refractivity contribution in [1.82, 2.24) is 14.7 Å². The van der Waals surface area contributed by atoms with E-state index >= 15 is 0 Å². The molecule has 1 aliphatic heterocycles. The fraction of sp³-hybridized carbons (Fsp3) is 0.452. The highest BCUT2D eigenvalue weighted by molar-refractivity contribution is 7.84. The lowest BCUT2D eigenvalue weighted by Gasteiger charge is -2.44. The molecular formula is C31H36Cl2N4O3S. The molecule has 3 aromatic rings. The van der Waals surface area contributed by atoms with Gasteiger partial charge in [-0.25, -0.2) is 23.7 Å². The third-order valence-corrected chi connectivity index (χ3v) is 10.5. The second kappa shape index (κ2) is 11.6. The number of hydrogen-bond donors (Lipinski definition) is 1. The Bertz CT molecular complexity index is 1500. The third-order valence-electron chi connectivity index (χ3n) is 8.09. The van der Waals surface area contributed by atoms with Crippen molar-refractivity contribution in [3.05, 3.63) is 75.0 Å². The molecule has 1 saturated heterocycles. The topological polar surface area (TPSA) is 84.4 Å². The third kappa shape index (κ3) is 5.76. The smallest absolute Gasteiger partial charge is 0.360 e. The van der Waals surface area contributed by atoms with Crippen molar-refractivity contribution in [3.8, 4) is 11.3 Å². The summed E-state index contributed by atoms with van der Waals surface area (Å²) in [6, 6.07) is 13.8. The van der Waals surface area contributed by atoms with Crippen LogP contribution in [0.5, 0.6) is 0 Å². The number of ether oxygens (including phenoxy) is 1. The summed E-state index contributed by atoms with van der Waals surface area (Å²) in [4.78, 5) is 25.0. The second-order valence-corrected chi connectivity index (χ2v) is 14.6. The Morgan fingerprint density at radius 3 is 2.51 bits per heavy atom. The minimum absolute atomic E-state index is 0.0226. The molecule has 0 amide bonds. The van der Waals surface area contributed by atoms with E-state index in [0.717, 1.165) is 19.3 Å². The molecule has 1 fully saturated rings. The van der Waals surface area contributed by atoms with Crippen molar-refractivity contribution in [2.45, 2.75) is 64.7 Å². The van der Waals surface area contributed by atoms with Gasteiger partial charge in [-0.1, -0.05) is 59.6 Å². The van der Waals surface area contributed by atoms with Crippen LogP contribution in [0.25, 0.3) is 11.3 Å². The molecule has 2 aliphatic rings. The van der Waals surface area contributed by atoms with Crippen molar-refractivity contribution in [2.75, 3.05) is 24.6 Å². The van der Waals surface area contributed by atoms with Gasteiger partial charge in [0.05, 0.1) is 49.8 Å². The Morgan fingerprint density at radius 1 is 1.12 bits per heavy atom. The van der Waals surface area contributed by atoms with Gasteiger partial charge < -0.3 is 9.64 Å². The van der Waals surface area contributed by atoms with E-state index in [1.54, 1.807) is 19.1 Å². The molecule has 1 aromatic heterocycles. The van der Waals surface area contributed by atoms with E-state index in [0.29, 0.717) is 45.9 Å². The highest BCUT2D eigenvalue weighted by atomic mass is 35.5. The van der Waals surface area contributed by atoms with Crippen LogP contribution in [0.4, 0.5) is 5.82 Å². The summed E-state index contributed by atoms with van der Waals surface area (Å²) in [6.45, 7) is 11.2. The van der Waals surface area contributed by atoms with Gasteiger partial charge in [0.25, 0.3) is 0 Å². The number of esters is 1. The molecule has 41 heavy (non-hydrogen) atoms. The summed E-state index contributed by atoms with van der Waals surface area (Å²) in [5.74, 6) is -0.0148. The highest BCUT2D eigenvalue weighted by Gasteiger charge is 2.49. The summed E-state index contributed by atoms with van der Waals surface area (Å²) < 4.78 is 21.8. The first-order valence-corrected chi connectivity index (χ1v) is 15.9. The number of carbonyl (C=O) groups excluding carboxylic acids is 1. The lowest BCUT2D eigenvalue weighted by atomic mass is 9.73. The maximum absolute atomic E-state index is 13.3. The molecular weight excluding hydrogens is 579 g/mol. The Labute approximate surface area is 254 Å². The van der Waals surface area contributed by atoms with Gasteiger partial charge in [0.15, 0.2) is 11.5 Å². The van der Waals surface area contributed by atoms with Gasteiger partial charge in [0, 0.05) is 18.7 Å². The van der Waals surface area contributed by atoms with E-state index in [2.05, 4.69) is 33.9 Å². The number of halogens is 2.